The van der Waals surface area contributed by atoms with Crippen molar-refractivity contribution in [3.05, 3.63) is 58.7 Å². The number of halogens is 2. The molecule has 0 unspecified atom stereocenters. The maximum absolute atomic E-state index is 2.27. The molecule has 0 saturated heterocycles. The molecule has 0 aliphatic heterocycles. The molecule has 2 radical (unpaired) electrons. The zero-order valence-electron chi connectivity index (χ0n) is 14.6. The molecular formula is C18H28Cl2GeZr. The fourth-order valence-electron chi connectivity index (χ4n) is 1.70. The van der Waals surface area contributed by atoms with Crippen molar-refractivity contribution < 1.29 is 51.0 Å². The Balaban J connectivity index is -0.000000110. The monoisotopic (exact) mass is 478 g/mol. The molecule has 0 aliphatic rings. The van der Waals surface area contributed by atoms with Gasteiger partial charge in [-0.15, -0.1) is 0 Å². The summed E-state index contributed by atoms with van der Waals surface area (Å²) < 4.78 is 0. The van der Waals surface area contributed by atoms with E-state index < -0.39 is 0 Å². The van der Waals surface area contributed by atoms with E-state index in [1.165, 1.54) is 32.8 Å². The van der Waals surface area contributed by atoms with Gasteiger partial charge in [0.05, 0.1) is 0 Å². The van der Waals surface area contributed by atoms with Gasteiger partial charge < -0.3 is 24.8 Å². The van der Waals surface area contributed by atoms with E-state index in [1.54, 1.807) is 0 Å². The van der Waals surface area contributed by atoms with Gasteiger partial charge in [-0.1, -0.05) is 27.7 Å². The van der Waals surface area contributed by atoms with Crippen LogP contribution < -0.4 is 24.8 Å². The van der Waals surface area contributed by atoms with E-state index in [9.17, 15) is 0 Å². The van der Waals surface area contributed by atoms with Crippen LogP contribution in [-0.2, 0) is 26.2 Å². The van der Waals surface area contributed by atoms with Gasteiger partial charge in [0.1, 0.15) is 0 Å². The van der Waals surface area contributed by atoms with E-state index >= 15 is 0 Å². The summed E-state index contributed by atoms with van der Waals surface area (Å²) in [6.45, 7) is 13.2. The number of rotatable bonds is 2. The van der Waals surface area contributed by atoms with Gasteiger partial charge in [0.2, 0.25) is 0 Å². The molecule has 2 aromatic carbocycles. The van der Waals surface area contributed by atoms with Crippen LogP contribution in [0.2, 0.25) is 10.5 Å². The third kappa shape index (κ3) is 14.3. The molecular weight excluding hydrogens is 451 g/mol. The summed E-state index contributed by atoms with van der Waals surface area (Å²) in [6, 6.07) is 12.2. The second kappa shape index (κ2) is 19.8. The Labute approximate surface area is 176 Å². The summed E-state index contributed by atoms with van der Waals surface area (Å²) >= 11 is 0.528. The van der Waals surface area contributed by atoms with Gasteiger partial charge in [-0.25, -0.2) is 12.1 Å². The summed E-state index contributed by atoms with van der Waals surface area (Å²) in [5, 5.41) is 2.94. The molecule has 0 heterocycles. The van der Waals surface area contributed by atoms with Crippen LogP contribution in [0.25, 0.3) is 0 Å². The second-order valence-electron chi connectivity index (χ2n) is 4.68. The van der Waals surface area contributed by atoms with Crippen LogP contribution in [0.3, 0.4) is 0 Å². The standard InChI is InChI=1S/C9H13.C5H5.C4H10Ge.2ClH.Zr/c1-6-5-7(2)9(4)8(6)3;1-2-4-5-3-1;1-3-5-4-2;;;/h5H,1-4H3;1-5H;3-4H2,1-2H3;2*1H;/q2*-1;;;;+4/p-2. The first-order valence-electron chi connectivity index (χ1n) is 7.12. The van der Waals surface area contributed by atoms with Gasteiger partial charge in [-0.2, -0.15) is 46.5 Å². The first-order chi connectivity index (χ1) is 9.04. The minimum absolute atomic E-state index is 0. The van der Waals surface area contributed by atoms with Crippen LogP contribution in [0.4, 0.5) is 0 Å². The maximum Gasteiger partial charge on any atom is 4.00 e. The fourth-order valence-corrected chi connectivity index (χ4v) is 2.75. The maximum atomic E-state index is 2.27. The summed E-state index contributed by atoms with van der Waals surface area (Å²) in [6.07, 6.45) is 0. The summed E-state index contributed by atoms with van der Waals surface area (Å²) in [4.78, 5) is 0. The Morgan fingerprint density at radius 3 is 1.27 bits per heavy atom. The van der Waals surface area contributed by atoms with Crippen molar-refractivity contribution in [2.24, 2.45) is 0 Å². The average Bonchev–Trinajstić information content (AvgIpc) is 3.02. The molecule has 22 heavy (non-hydrogen) atoms. The van der Waals surface area contributed by atoms with Crippen molar-refractivity contribution in [2.45, 2.75) is 52.0 Å². The van der Waals surface area contributed by atoms with Gasteiger partial charge in [0, 0.05) is 0 Å². The third-order valence-electron chi connectivity index (χ3n) is 3.23. The largest absolute Gasteiger partial charge is 4.00 e. The van der Waals surface area contributed by atoms with Crippen LogP contribution in [0.1, 0.15) is 36.1 Å². The predicted molar refractivity (Wildman–Crippen MR) is 89.7 cm³/mol. The molecule has 0 aromatic heterocycles. The molecule has 0 nitrogen and oxygen atoms in total. The van der Waals surface area contributed by atoms with Gasteiger partial charge in [0.25, 0.3) is 0 Å². The molecule has 0 N–H and O–H groups in total. The quantitative estimate of drug-likeness (QED) is 0.407. The smallest absolute Gasteiger partial charge is 1.00 e. The Hall–Kier alpha value is 0.706. The molecule has 4 heteroatoms. The molecule has 0 aliphatic carbocycles. The molecule has 0 bridgehead atoms. The Bertz CT molecular complexity index is 381. The summed E-state index contributed by atoms with van der Waals surface area (Å²) in [7, 11) is 0. The second-order valence-corrected chi connectivity index (χ2v) is 8.70. The number of hydrogen-bond donors (Lipinski definition) is 0. The summed E-state index contributed by atoms with van der Waals surface area (Å²) in [5.41, 5.74) is 5.75. The summed E-state index contributed by atoms with van der Waals surface area (Å²) in [5.74, 6) is 0. The molecule has 0 saturated carbocycles. The Morgan fingerprint density at radius 2 is 1.18 bits per heavy atom. The van der Waals surface area contributed by atoms with Crippen molar-refractivity contribution in [1.82, 2.24) is 0 Å². The molecule has 2 rings (SSSR count). The van der Waals surface area contributed by atoms with Crippen LogP contribution in [0, 0.1) is 27.7 Å². The van der Waals surface area contributed by atoms with Gasteiger partial charge in [-0.05, 0) is 0 Å². The van der Waals surface area contributed by atoms with Crippen molar-refractivity contribution in [2.75, 3.05) is 0 Å². The predicted octanol–water partition coefficient (Wildman–Crippen LogP) is -0.383. The van der Waals surface area contributed by atoms with E-state index in [2.05, 4.69) is 47.6 Å². The van der Waals surface area contributed by atoms with E-state index in [0.717, 1.165) is 0 Å². The minimum Gasteiger partial charge on any atom is -1.00 e. The van der Waals surface area contributed by atoms with Crippen molar-refractivity contribution in [1.29, 1.82) is 0 Å². The Morgan fingerprint density at radius 1 is 0.818 bits per heavy atom. The van der Waals surface area contributed by atoms with Crippen molar-refractivity contribution in [3.63, 3.8) is 0 Å². The van der Waals surface area contributed by atoms with Gasteiger partial charge >= 0.3 is 66.0 Å². The first-order valence-corrected chi connectivity index (χ1v) is 10.1. The molecule has 0 spiro atoms. The zero-order valence-corrected chi connectivity index (χ0v) is 20.7. The van der Waals surface area contributed by atoms with E-state index in [4.69, 9.17) is 0 Å². The van der Waals surface area contributed by atoms with E-state index in [-0.39, 0.29) is 51.0 Å². The number of hydrogen-bond acceptors (Lipinski definition) is 0. The van der Waals surface area contributed by atoms with Gasteiger partial charge in [0.15, 0.2) is 0 Å². The molecule has 2 aromatic rings. The molecule has 0 amide bonds. The minimum atomic E-state index is 0. The molecule has 0 atom stereocenters. The van der Waals surface area contributed by atoms with Crippen LogP contribution >= 0.6 is 0 Å². The zero-order chi connectivity index (χ0) is 14.7. The molecule has 122 valence electrons. The van der Waals surface area contributed by atoms with Crippen molar-refractivity contribution in [3.8, 4) is 0 Å². The fraction of sp³-hybridized carbons (Fsp3) is 0.444. The first kappa shape index (κ1) is 30.6. The van der Waals surface area contributed by atoms with Crippen LogP contribution in [0.15, 0.2) is 36.4 Å². The van der Waals surface area contributed by atoms with Gasteiger partial charge in [-0.3, -0.25) is 0 Å². The Kier molecular flexibility index (Phi) is 27.4. The van der Waals surface area contributed by atoms with Crippen molar-refractivity contribution >= 4 is 15.4 Å². The van der Waals surface area contributed by atoms with Crippen LogP contribution in [-0.4, -0.2) is 15.4 Å². The SMILES string of the molecule is C[CH2][Ge][CH2]C.Cc1[cH-]c(C)c(C)c1C.[Cl-].[Cl-].[Zr+4].c1cc[cH-]c1. The van der Waals surface area contributed by atoms with E-state index in [0.29, 0.717) is 15.4 Å². The van der Waals surface area contributed by atoms with E-state index in [1.807, 2.05) is 30.3 Å². The third-order valence-corrected chi connectivity index (χ3v) is 5.33. The van der Waals surface area contributed by atoms with Crippen LogP contribution in [0.5, 0.6) is 0 Å². The molecule has 0 fully saturated rings. The normalized spacial score (nSPS) is 7.91. The average molecular weight is 479 g/mol. The topological polar surface area (TPSA) is 0 Å². The number of aryl methyl sites for hydroxylation is 2.